The van der Waals surface area contributed by atoms with Gasteiger partial charge in [0.2, 0.25) is 0 Å². The van der Waals surface area contributed by atoms with E-state index in [0.29, 0.717) is 0 Å². The molecule has 0 fully saturated rings. The number of carboxylic acids is 1. The summed E-state index contributed by atoms with van der Waals surface area (Å²) in [6.07, 6.45) is 0. The number of anilines is 1. The first kappa shape index (κ1) is 15.9. The van der Waals surface area contributed by atoms with Crippen molar-refractivity contribution in [2.45, 2.75) is 19.4 Å². The fourth-order valence-corrected chi connectivity index (χ4v) is 1.67. The van der Waals surface area contributed by atoms with E-state index < -0.39 is 23.4 Å². The number of urea groups is 1. The van der Waals surface area contributed by atoms with E-state index in [9.17, 15) is 19.1 Å². The van der Waals surface area contributed by atoms with Gasteiger partial charge in [0.15, 0.2) is 0 Å². The summed E-state index contributed by atoms with van der Waals surface area (Å²) < 4.78 is 13.1. The molecule has 0 radical (unpaired) electrons. The third kappa shape index (κ3) is 4.51. The van der Waals surface area contributed by atoms with Crippen molar-refractivity contribution in [1.82, 2.24) is 4.90 Å². The highest BCUT2D eigenvalue weighted by Gasteiger charge is 2.21. The van der Waals surface area contributed by atoms with Crippen molar-refractivity contribution in [1.29, 1.82) is 0 Å². The number of aromatic carboxylic acids is 1. The minimum Gasteiger partial charge on any atom is -0.478 e. The number of nitrogens with zero attached hydrogens (tertiary/aromatic N) is 1. The number of amides is 2. The maximum Gasteiger partial charge on any atom is 0.337 e. The Morgan fingerprint density at radius 3 is 2.50 bits per heavy atom. The largest absolute Gasteiger partial charge is 0.478 e. The molecule has 0 saturated carbocycles. The van der Waals surface area contributed by atoms with Gasteiger partial charge in [-0.25, -0.2) is 14.0 Å². The van der Waals surface area contributed by atoms with Gasteiger partial charge in [0, 0.05) is 7.05 Å². The van der Waals surface area contributed by atoms with Crippen LogP contribution in [0, 0.1) is 5.82 Å². The Morgan fingerprint density at radius 1 is 1.40 bits per heavy atom. The highest BCUT2D eigenvalue weighted by Crippen LogP contribution is 2.18. The third-order valence-electron chi connectivity index (χ3n) is 2.42. The summed E-state index contributed by atoms with van der Waals surface area (Å²) in [6.45, 7) is 3.10. The summed E-state index contributed by atoms with van der Waals surface area (Å²) in [7, 11) is 1.44. The molecule has 0 aromatic heterocycles. The molecule has 0 saturated heterocycles. The van der Waals surface area contributed by atoms with Crippen molar-refractivity contribution < 1.29 is 24.2 Å². The van der Waals surface area contributed by atoms with E-state index in [0.717, 1.165) is 18.2 Å². The van der Waals surface area contributed by atoms with Crippen LogP contribution >= 0.6 is 0 Å². The topological polar surface area (TPSA) is 89.9 Å². The second-order valence-corrected chi connectivity index (χ2v) is 5.09. The second-order valence-electron chi connectivity index (χ2n) is 5.09. The lowest BCUT2D eigenvalue weighted by molar-refractivity contribution is 0.0550. The summed E-state index contributed by atoms with van der Waals surface area (Å²) in [4.78, 5) is 24.0. The molecule has 0 aliphatic rings. The number of carbonyl (C=O) groups excluding carboxylic acids is 1. The van der Waals surface area contributed by atoms with E-state index in [2.05, 4.69) is 5.32 Å². The van der Waals surface area contributed by atoms with Gasteiger partial charge < -0.3 is 20.4 Å². The number of nitrogens with one attached hydrogen (secondary N) is 1. The molecule has 1 aromatic rings. The van der Waals surface area contributed by atoms with E-state index in [4.69, 9.17) is 5.11 Å². The number of likely N-dealkylation sites (N-methyl/N-ethyl adjacent to an activating group) is 1. The molecule has 0 spiro atoms. The monoisotopic (exact) mass is 284 g/mol. The van der Waals surface area contributed by atoms with Crippen LogP contribution in [0.25, 0.3) is 0 Å². The SMILES string of the molecule is CN(CC(C)(C)O)C(=O)Nc1cc(F)ccc1C(=O)O. The molecule has 0 atom stereocenters. The number of carboxylic acid groups (broad SMARTS) is 1. The van der Waals surface area contributed by atoms with Crippen LogP contribution in [0.15, 0.2) is 18.2 Å². The van der Waals surface area contributed by atoms with Gasteiger partial charge in [-0.2, -0.15) is 0 Å². The average Bonchev–Trinajstić information content (AvgIpc) is 2.26. The van der Waals surface area contributed by atoms with Gasteiger partial charge in [-0.3, -0.25) is 0 Å². The minimum absolute atomic E-state index is 0.0382. The van der Waals surface area contributed by atoms with E-state index in [-0.39, 0.29) is 17.8 Å². The molecular weight excluding hydrogens is 267 g/mol. The van der Waals surface area contributed by atoms with E-state index in [1.807, 2.05) is 0 Å². The number of halogens is 1. The number of hydrogen-bond donors (Lipinski definition) is 3. The molecule has 110 valence electrons. The summed E-state index contributed by atoms with van der Waals surface area (Å²) in [5.41, 5.74) is -1.44. The molecule has 3 N–H and O–H groups in total. The highest BCUT2D eigenvalue weighted by atomic mass is 19.1. The molecule has 0 heterocycles. The van der Waals surface area contributed by atoms with Gasteiger partial charge in [0.1, 0.15) is 5.82 Å². The summed E-state index contributed by atoms with van der Waals surface area (Å²) in [5.74, 6) is -1.93. The maximum absolute atomic E-state index is 13.1. The van der Waals surface area contributed by atoms with Gasteiger partial charge in [-0.15, -0.1) is 0 Å². The molecule has 1 rings (SSSR count). The maximum atomic E-state index is 13.1. The number of aliphatic hydroxyl groups is 1. The van der Waals surface area contributed by atoms with Crippen molar-refractivity contribution in [2.75, 3.05) is 18.9 Å². The smallest absolute Gasteiger partial charge is 0.337 e. The first-order valence-electron chi connectivity index (χ1n) is 5.87. The fourth-order valence-electron chi connectivity index (χ4n) is 1.67. The van der Waals surface area contributed by atoms with Crippen LogP contribution in [0.3, 0.4) is 0 Å². The standard InChI is InChI=1S/C13H17FN2O4/c1-13(2,20)7-16(3)12(19)15-10-6-8(14)4-5-9(10)11(17)18/h4-6,20H,7H2,1-3H3,(H,15,19)(H,17,18). The zero-order valence-corrected chi connectivity index (χ0v) is 11.5. The van der Waals surface area contributed by atoms with Crippen molar-refractivity contribution >= 4 is 17.7 Å². The quantitative estimate of drug-likeness (QED) is 0.786. The van der Waals surface area contributed by atoms with E-state index in [1.165, 1.54) is 25.8 Å². The average molecular weight is 284 g/mol. The lowest BCUT2D eigenvalue weighted by atomic mass is 10.1. The number of hydrogen-bond acceptors (Lipinski definition) is 3. The minimum atomic E-state index is -1.27. The Balaban J connectivity index is 2.90. The first-order valence-corrected chi connectivity index (χ1v) is 5.87. The molecule has 6 nitrogen and oxygen atoms in total. The van der Waals surface area contributed by atoms with Crippen LogP contribution in [-0.2, 0) is 0 Å². The lowest BCUT2D eigenvalue weighted by Crippen LogP contribution is -2.41. The van der Waals surface area contributed by atoms with Crippen molar-refractivity contribution in [2.24, 2.45) is 0 Å². The molecule has 20 heavy (non-hydrogen) atoms. The molecule has 0 aliphatic carbocycles. The number of carbonyl (C=O) groups is 2. The predicted molar refractivity (Wildman–Crippen MR) is 71.3 cm³/mol. The van der Waals surface area contributed by atoms with E-state index >= 15 is 0 Å². The summed E-state index contributed by atoms with van der Waals surface area (Å²) in [5, 5.41) is 20.9. The first-order chi connectivity index (χ1) is 9.10. The van der Waals surface area contributed by atoms with Gasteiger partial charge in [0.05, 0.1) is 23.4 Å². The molecule has 7 heteroatoms. The molecule has 0 aliphatic heterocycles. The van der Waals surface area contributed by atoms with Crippen LogP contribution in [0.5, 0.6) is 0 Å². The van der Waals surface area contributed by atoms with Crippen LogP contribution < -0.4 is 5.32 Å². The zero-order chi connectivity index (χ0) is 15.5. The van der Waals surface area contributed by atoms with Crippen molar-refractivity contribution in [3.8, 4) is 0 Å². The van der Waals surface area contributed by atoms with Gasteiger partial charge in [0.25, 0.3) is 0 Å². The zero-order valence-electron chi connectivity index (χ0n) is 11.5. The molecular formula is C13H17FN2O4. The number of rotatable bonds is 4. The number of benzene rings is 1. The lowest BCUT2D eigenvalue weighted by Gasteiger charge is -2.26. The van der Waals surface area contributed by atoms with Crippen LogP contribution in [-0.4, -0.2) is 46.3 Å². The van der Waals surface area contributed by atoms with Gasteiger partial charge in [-0.05, 0) is 32.0 Å². The third-order valence-corrected chi connectivity index (χ3v) is 2.42. The Bertz CT molecular complexity index is 526. The molecule has 0 bridgehead atoms. The summed E-state index contributed by atoms with van der Waals surface area (Å²) >= 11 is 0. The predicted octanol–water partition coefficient (Wildman–Crippen LogP) is 1.76. The van der Waals surface area contributed by atoms with Crippen molar-refractivity contribution in [3.63, 3.8) is 0 Å². The van der Waals surface area contributed by atoms with Gasteiger partial charge >= 0.3 is 12.0 Å². The highest BCUT2D eigenvalue weighted by molar-refractivity contribution is 5.99. The normalized spacial score (nSPS) is 11.1. The Hall–Kier alpha value is -2.15. The second kappa shape index (κ2) is 5.87. The van der Waals surface area contributed by atoms with Crippen LogP contribution in [0.1, 0.15) is 24.2 Å². The molecule has 1 aromatic carbocycles. The van der Waals surface area contributed by atoms with Gasteiger partial charge in [-0.1, -0.05) is 0 Å². The molecule has 0 unspecified atom stereocenters. The Kier molecular flexibility index (Phi) is 4.67. The Labute approximate surface area is 115 Å². The fraction of sp³-hybridized carbons (Fsp3) is 0.385. The van der Waals surface area contributed by atoms with Crippen LogP contribution in [0.4, 0.5) is 14.9 Å². The van der Waals surface area contributed by atoms with Crippen LogP contribution in [0.2, 0.25) is 0 Å². The van der Waals surface area contributed by atoms with E-state index in [1.54, 1.807) is 0 Å². The summed E-state index contributed by atoms with van der Waals surface area (Å²) in [6, 6.07) is 2.36. The van der Waals surface area contributed by atoms with Crippen molar-refractivity contribution in [3.05, 3.63) is 29.6 Å². The Morgan fingerprint density at radius 2 is 2.00 bits per heavy atom. The molecule has 2 amide bonds.